The Bertz CT molecular complexity index is 1360. The molecule has 2 heterocycles. The van der Waals surface area contributed by atoms with Crippen LogP contribution >= 0.6 is 11.6 Å². The number of aliphatic hydroxyl groups excluding tert-OH is 2. The normalized spacial score (nSPS) is 40.6. The second-order valence-corrected chi connectivity index (χ2v) is 15.2. The van der Waals surface area contributed by atoms with Gasteiger partial charge in [-0.25, -0.2) is 0 Å². The van der Waals surface area contributed by atoms with Crippen LogP contribution in [-0.2, 0) is 28.5 Å². The van der Waals surface area contributed by atoms with Crippen LogP contribution in [0.15, 0.2) is 34.5 Å². The van der Waals surface area contributed by atoms with Crippen molar-refractivity contribution in [1.29, 1.82) is 0 Å². The molecule has 13 atom stereocenters. The zero-order valence-electron chi connectivity index (χ0n) is 31.4. The van der Waals surface area contributed by atoms with E-state index in [0.29, 0.717) is 17.2 Å². The molecule has 3 rings (SSSR count). The Labute approximate surface area is 302 Å². The molecule has 1 aromatic rings. The van der Waals surface area contributed by atoms with Crippen molar-refractivity contribution in [3.8, 4) is 0 Å². The molecular formula is C37H58ClN3O9. The molecule has 0 amide bonds. The lowest BCUT2D eigenvalue weighted by Crippen LogP contribution is -2.60. The molecule has 2 aliphatic heterocycles. The Balaban J connectivity index is 2.18. The lowest BCUT2D eigenvalue weighted by atomic mass is 9.74. The van der Waals surface area contributed by atoms with Crippen LogP contribution in [-0.4, -0.2) is 119 Å². The molecule has 2 fully saturated rings. The molecule has 0 spiro atoms. The molecule has 50 heavy (non-hydrogen) atoms. The number of likely N-dealkylation sites (N-methyl/N-ethyl adjacent to an activating group) is 1. The topological polar surface area (TPSA) is 160 Å². The van der Waals surface area contributed by atoms with Gasteiger partial charge in [-0.3, -0.25) is 9.59 Å². The second-order valence-electron chi connectivity index (χ2n) is 14.8. The number of aliphatic hydroxyl groups is 3. The number of carbonyl (C=O) groups excluding carboxylic acids is 2. The first-order valence-corrected chi connectivity index (χ1v) is 17.9. The van der Waals surface area contributed by atoms with E-state index in [2.05, 4.69) is 10.2 Å². The first-order chi connectivity index (χ1) is 23.3. The number of esters is 1. The van der Waals surface area contributed by atoms with E-state index in [1.165, 1.54) is 21.0 Å². The number of rotatable bonds is 7. The fourth-order valence-corrected chi connectivity index (χ4v) is 7.47. The SMILES string of the molecule is CC[C@H]1OC(=O)[C@H](C)C(=O)[C@H](C)[C@@H](OC2OC(C)CC(N(C)C)C2O)[C@](C)(OC)C[C@@H](C)/C(=N\N=C/c2ccc(Cl)cc2)[C@H](C)[C@@H](O)[C@]1(C)O. The van der Waals surface area contributed by atoms with Gasteiger partial charge < -0.3 is 39.2 Å². The minimum Gasteiger partial charge on any atom is -0.459 e. The van der Waals surface area contributed by atoms with Crippen LogP contribution in [0.1, 0.15) is 80.2 Å². The molecule has 1 aromatic carbocycles. The number of ketones is 1. The summed E-state index contributed by atoms with van der Waals surface area (Å²) in [5, 5.41) is 44.4. The van der Waals surface area contributed by atoms with Gasteiger partial charge in [-0.2, -0.15) is 10.2 Å². The summed E-state index contributed by atoms with van der Waals surface area (Å²) < 4.78 is 24.7. The van der Waals surface area contributed by atoms with Crippen LogP contribution in [0.5, 0.6) is 0 Å². The number of hydrogen-bond acceptors (Lipinski definition) is 12. The van der Waals surface area contributed by atoms with Crippen molar-refractivity contribution in [2.75, 3.05) is 21.2 Å². The van der Waals surface area contributed by atoms with Crippen molar-refractivity contribution in [2.24, 2.45) is 33.9 Å². The molecule has 2 saturated heterocycles. The molecule has 3 N–H and O–H groups in total. The minimum absolute atomic E-state index is 0.172. The number of ether oxygens (including phenoxy) is 4. The van der Waals surface area contributed by atoms with Crippen molar-refractivity contribution >= 4 is 35.3 Å². The summed E-state index contributed by atoms with van der Waals surface area (Å²) in [5.74, 6) is -4.71. The Morgan fingerprint density at radius 1 is 1.06 bits per heavy atom. The average Bonchev–Trinajstić information content (AvgIpc) is 3.07. The predicted molar refractivity (Wildman–Crippen MR) is 192 cm³/mol. The van der Waals surface area contributed by atoms with Gasteiger partial charge >= 0.3 is 5.97 Å². The minimum atomic E-state index is -1.91. The van der Waals surface area contributed by atoms with Crippen molar-refractivity contribution in [3.05, 3.63) is 34.9 Å². The van der Waals surface area contributed by atoms with Crippen LogP contribution < -0.4 is 0 Å². The summed E-state index contributed by atoms with van der Waals surface area (Å²) in [6, 6.07) is 6.78. The Morgan fingerprint density at radius 3 is 2.24 bits per heavy atom. The van der Waals surface area contributed by atoms with Gasteiger partial charge in [0.25, 0.3) is 0 Å². The van der Waals surface area contributed by atoms with Gasteiger partial charge in [0.05, 0.1) is 30.1 Å². The van der Waals surface area contributed by atoms with Gasteiger partial charge in [-0.1, -0.05) is 51.4 Å². The first kappa shape index (κ1) is 42.1. The lowest BCUT2D eigenvalue weighted by molar-refractivity contribution is -0.295. The molecule has 0 aliphatic carbocycles. The Kier molecular flexibility index (Phi) is 14.7. The van der Waals surface area contributed by atoms with Crippen molar-refractivity contribution < 1.29 is 43.9 Å². The number of Topliss-reactive ketones (excluding diaryl/α,β-unsaturated/α-hetero) is 1. The van der Waals surface area contributed by atoms with E-state index in [9.17, 15) is 24.9 Å². The number of nitrogens with zero attached hydrogens (tertiary/aromatic N) is 3. The molecule has 0 saturated carbocycles. The quantitative estimate of drug-likeness (QED) is 0.160. The number of hydrogen-bond donors (Lipinski definition) is 3. The van der Waals surface area contributed by atoms with E-state index in [1.54, 1.807) is 58.2 Å². The third-order valence-electron chi connectivity index (χ3n) is 10.6. The van der Waals surface area contributed by atoms with Crippen LogP contribution in [0, 0.1) is 23.7 Å². The van der Waals surface area contributed by atoms with Gasteiger partial charge in [-0.05, 0) is 84.7 Å². The predicted octanol–water partition coefficient (Wildman–Crippen LogP) is 4.28. The summed E-state index contributed by atoms with van der Waals surface area (Å²) in [6.07, 6.45) is -3.47. The maximum atomic E-state index is 14.1. The largest absolute Gasteiger partial charge is 0.459 e. The summed E-state index contributed by atoms with van der Waals surface area (Å²) >= 11 is 6.05. The van der Waals surface area contributed by atoms with Crippen LogP contribution in [0.4, 0.5) is 0 Å². The highest BCUT2D eigenvalue weighted by molar-refractivity contribution is 6.30. The standard InChI is InChI=1S/C37H58ClN3O9/c1-12-28-37(8,46)32(44)22(4)29(40-39-19-25-13-15-26(38)16-14-25)20(2)18-36(7,47-11)33(23(5)30(42)24(6)34(45)49-28)50-35-31(43)27(41(9)10)17-21(3)48-35/h13-16,19-24,27-28,31-33,35,43-44,46H,12,17-18H2,1-11H3/b39-19-,40-29+/t20-,21?,22+,23+,24-,27?,28-,31?,32-,33-,35?,36-,37-/m1/s1. The van der Waals surface area contributed by atoms with Crippen LogP contribution in [0.2, 0.25) is 5.02 Å². The molecule has 0 aromatic heterocycles. The summed E-state index contributed by atoms with van der Waals surface area (Å²) in [5.41, 5.74) is -1.95. The van der Waals surface area contributed by atoms with E-state index in [-0.39, 0.29) is 25.0 Å². The Hall–Kier alpha value is -2.29. The van der Waals surface area contributed by atoms with E-state index < -0.39 is 77.3 Å². The monoisotopic (exact) mass is 723 g/mol. The number of cyclic esters (lactones) is 1. The number of methoxy groups -OCH3 is 1. The molecular weight excluding hydrogens is 666 g/mol. The maximum absolute atomic E-state index is 14.1. The third kappa shape index (κ3) is 9.57. The van der Waals surface area contributed by atoms with E-state index in [4.69, 9.17) is 30.5 Å². The summed E-state index contributed by atoms with van der Waals surface area (Å²) in [6.45, 7) is 13.6. The smallest absolute Gasteiger partial charge is 0.316 e. The van der Waals surface area contributed by atoms with Crippen molar-refractivity contribution in [2.45, 2.75) is 129 Å². The van der Waals surface area contributed by atoms with E-state index in [0.717, 1.165) is 5.56 Å². The van der Waals surface area contributed by atoms with E-state index in [1.807, 2.05) is 32.8 Å². The average molecular weight is 724 g/mol. The van der Waals surface area contributed by atoms with Crippen LogP contribution in [0.3, 0.4) is 0 Å². The Morgan fingerprint density at radius 2 is 1.68 bits per heavy atom. The maximum Gasteiger partial charge on any atom is 0.316 e. The number of benzene rings is 1. The number of carbonyl (C=O) groups is 2. The molecule has 2 aliphatic rings. The molecule has 12 nitrogen and oxygen atoms in total. The van der Waals surface area contributed by atoms with Gasteiger partial charge in [0.1, 0.15) is 23.7 Å². The summed E-state index contributed by atoms with van der Waals surface area (Å²) in [4.78, 5) is 29.5. The van der Waals surface area contributed by atoms with Crippen LogP contribution in [0.25, 0.3) is 0 Å². The highest BCUT2D eigenvalue weighted by atomic mass is 35.5. The summed E-state index contributed by atoms with van der Waals surface area (Å²) in [7, 11) is 5.25. The molecule has 13 heteroatoms. The third-order valence-corrected chi connectivity index (χ3v) is 10.8. The van der Waals surface area contributed by atoms with Crippen molar-refractivity contribution in [1.82, 2.24) is 4.90 Å². The molecule has 4 unspecified atom stereocenters. The van der Waals surface area contributed by atoms with Gasteiger partial charge in [-0.15, -0.1) is 0 Å². The number of halogens is 1. The molecule has 282 valence electrons. The fraction of sp³-hybridized carbons (Fsp3) is 0.730. The van der Waals surface area contributed by atoms with Gasteiger partial charge in [0.2, 0.25) is 0 Å². The fourth-order valence-electron chi connectivity index (χ4n) is 7.34. The van der Waals surface area contributed by atoms with Gasteiger partial charge in [0, 0.05) is 35.7 Å². The lowest BCUT2D eigenvalue weighted by Gasteiger charge is -2.47. The second kappa shape index (κ2) is 17.5. The zero-order chi connectivity index (χ0) is 37.7. The zero-order valence-corrected chi connectivity index (χ0v) is 32.1. The van der Waals surface area contributed by atoms with E-state index >= 15 is 0 Å². The highest BCUT2D eigenvalue weighted by Gasteiger charge is 2.51. The van der Waals surface area contributed by atoms with Crippen molar-refractivity contribution in [3.63, 3.8) is 0 Å². The molecule has 0 bridgehead atoms. The first-order valence-electron chi connectivity index (χ1n) is 17.5. The molecule has 0 radical (unpaired) electrons. The van der Waals surface area contributed by atoms with Gasteiger partial charge in [0.15, 0.2) is 12.1 Å². The highest BCUT2D eigenvalue weighted by Crippen LogP contribution is 2.38.